The summed E-state index contributed by atoms with van der Waals surface area (Å²) in [7, 11) is 0. The van der Waals surface area contributed by atoms with E-state index in [9.17, 15) is 0 Å². The molecule has 130 valence electrons. The van der Waals surface area contributed by atoms with E-state index in [0.717, 1.165) is 23.0 Å². The van der Waals surface area contributed by atoms with Crippen molar-refractivity contribution in [2.45, 2.75) is 39.0 Å². The van der Waals surface area contributed by atoms with Crippen molar-refractivity contribution < 1.29 is 4.74 Å². The van der Waals surface area contributed by atoms with Crippen LogP contribution >= 0.6 is 0 Å². The summed E-state index contributed by atoms with van der Waals surface area (Å²) in [5.41, 5.74) is 3.70. The van der Waals surface area contributed by atoms with Crippen molar-refractivity contribution in [2.24, 2.45) is 17.8 Å². The third-order valence-corrected chi connectivity index (χ3v) is 5.25. The predicted octanol–water partition coefficient (Wildman–Crippen LogP) is 6.19. The van der Waals surface area contributed by atoms with Gasteiger partial charge in [-0.2, -0.15) is 0 Å². The normalized spacial score (nSPS) is 29.0. The maximum atomic E-state index is 5.82. The Labute approximate surface area is 148 Å². The zero-order valence-electron chi connectivity index (χ0n) is 15.2. The third-order valence-electron chi connectivity index (χ3n) is 5.25. The number of ether oxygens (including phenoxy) is 1. The van der Waals surface area contributed by atoms with Gasteiger partial charge in [0.1, 0.15) is 0 Å². The smallest absolute Gasteiger partial charge is 0.0721 e. The van der Waals surface area contributed by atoms with Crippen LogP contribution in [-0.2, 0) is 4.74 Å². The van der Waals surface area contributed by atoms with Crippen LogP contribution in [0.4, 0.5) is 0 Å². The Morgan fingerprint density at radius 2 is 2.04 bits per heavy atom. The molecule has 2 aliphatic carbocycles. The molecular formula is C23H32O. The summed E-state index contributed by atoms with van der Waals surface area (Å²) in [4.78, 5) is 0. The highest BCUT2D eigenvalue weighted by molar-refractivity contribution is 5.29. The second-order valence-corrected chi connectivity index (χ2v) is 7.07. The van der Waals surface area contributed by atoms with Crippen LogP contribution in [0.1, 0.15) is 39.0 Å². The Hall–Kier alpha value is -1.60. The van der Waals surface area contributed by atoms with Crippen LogP contribution in [0.25, 0.3) is 0 Å². The highest BCUT2D eigenvalue weighted by Crippen LogP contribution is 2.46. The van der Waals surface area contributed by atoms with Crippen LogP contribution in [0.15, 0.2) is 72.9 Å². The first-order chi connectivity index (χ1) is 11.7. The molecule has 3 atom stereocenters. The largest absolute Gasteiger partial charge is 0.372 e. The summed E-state index contributed by atoms with van der Waals surface area (Å²) < 4.78 is 5.82. The first kappa shape index (κ1) is 18.7. The molecule has 0 saturated heterocycles. The molecule has 0 aromatic heterocycles. The number of rotatable bonds is 8. The van der Waals surface area contributed by atoms with Gasteiger partial charge in [0.2, 0.25) is 0 Å². The first-order valence-electron chi connectivity index (χ1n) is 9.21. The van der Waals surface area contributed by atoms with E-state index in [0.29, 0.717) is 19.1 Å². The minimum absolute atomic E-state index is 0.532. The topological polar surface area (TPSA) is 9.23 Å². The van der Waals surface area contributed by atoms with E-state index >= 15 is 0 Å². The van der Waals surface area contributed by atoms with E-state index in [4.69, 9.17) is 4.74 Å². The second kappa shape index (κ2) is 9.64. The zero-order chi connectivity index (χ0) is 17.4. The summed E-state index contributed by atoms with van der Waals surface area (Å²) in [5.74, 6) is 2.17. The molecule has 2 unspecified atom stereocenters. The molecule has 2 fully saturated rings. The Bertz CT molecular complexity index is 546. The Morgan fingerprint density at radius 3 is 2.75 bits per heavy atom. The van der Waals surface area contributed by atoms with Gasteiger partial charge in [0.15, 0.2) is 0 Å². The molecular weight excluding hydrogens is 292 g/mol. The van der Waals surface area contributed by atoms with Gasteiger partial charge in [0, 0.05) is 0 Å². The Balaban J connectivity index is 1.92. The van der Waals surface area contributed by atoms with Crippen LogP contribution in [-0.4, -0.2) is 13.2 Å². The van der Waals surface area contributed by atoms with Gasteiger partial charge in [-0.1, -0.05) is 68.0 Å². The molecule has 0 aliphatic heterocycles. The van der Waals surface area contributed by atoms with Gasteiger partial charge in [-0.05, 0) is 55.1 Å². The molecule has 24 heavy (non-hydrogen) atoms. The fourth-order valence-corrected chi connectivity index (χ4v) is 4.04. The second-order valence-electron chi connectivity index (χ2n) is 7.07. The van der Waals surface area contributed by atoms with Crippen LogP contribution in [0.2, 0.25) is 0 Å². The van der Waals surface area contributed by atoms with Crippen molar-refractivity contribution in [3.8, 4) is 0 Å². The predicted molar refractivity (Wildman–Crippen MR) is 105 cm³/mol. The minimum Gasteiger partial charge on any atom is -0.372 e. The summed E-state index contributed by atoms with van der Waals surface area (Å²) in [6.07, 6.45) is 19.1. The van der Waals surface area contributed by atoms with E-state index in [1.165, 1.54) is 32.1 Å². The van der Waals surface area contributed by atoms with Crippen molar-refractivity contribution in [1.82, 2.24) is 0 Å². The highest BCUT2D eigenvalue weighted by atomic mass is 16.5. The quantitative estimate of drug-likeness (QED) is 0.382. The lowest BCUT2D eigenvalue weighted by atomic mass is 9.65. The standard InChI is InChI=1S/C23H32O/c1-5-8-10-19(6-2)17-24-16-18(4)13-23-21(7-3)14-20-11-9-12-22(23)15-20/h5-8,10,13,20-22H,2-4,9,11-12,14-17H2,1H3/b8-5+,19-10+,23-13+/t20?,21?,22-/m1/s1. The summed E-state index contributed by atoms with van der Waals surface area (Å²) in [6, 6.07) is 0. The van der Waals surface area contributed by atoms with Gasteiger partial charge in [-0.3, -0.25) is 0 Å². The molecule has 0 heterocycles. The van der Waals surface area contributed by atoms with Crippen molar-refractivity contribution in [3.05, 3.63) is 72.9 Å². The SMILES string of the molecule is C=C/C(=C\C=C\C)COCC(=C)/C=C1\C(C=C)CC2CCC[C@@H]1C2. The maximum absolute atomic E-state index is 5.82. The lowest BCUT2D eigenvalue weighted by Gasteiger charge is -2.40. The lowest BCUT2D eigenvalue weighted by Crippen LogP contribution is -2.28. The molecule has 0 aromatic carbocycles. The van der Waals surface area contributed by atoms with Gasteiger partial charge in [-0.25, -0.2) is 0 Å². The van der Waals surface area contributed by atoms with Crippen molar-refractivity contribution in [1.29, 1.82) is 0 Å². The van der Waals surface area contributed by atoms with Gasteiger partial charge < -0.3 is 4.74 Å². The monoisotopic (exact) mass is 324 g/mol. The molecule has 2 aliphatic rings. The summed E-state index contributed by atoms with van der Waals surface area (Å²) in [6.45, 7) is 15.3. The molecule has 2 saturated carbocycles. The highest BCUT2D eigenvalue weighted by Gasteiger charge is 2.34. The number of hydrogen-bond donors (Lipinski definition) is 0. The van der Waals surface area contributed by atoms with E-state index in [2.05, 4.69) is 31.9 Å². The molecule has 1 heteroatoms. The van der Waals surface area contributed by atoms with E-state index in [1.807, 2.05) is 31.2 Å². The number of hydrogen-bond acceptors (Lipinski definition) is 1. The van der Waals surface area contributed by atoms with Crippen molar-refractivity contribution >= 4 is 0 Å². The van der Waals surface area contributed by atoms with Gasteiger partial charge in [0.05, 0.1) is 13.2 Å². The van der Waals surface area contributed by atoms with Crippen LogP contribution < -0.4 is 0 Å². The first-order valence-corrected chi connectivity index (χ1v) is 9.21. The Kier molecular flexibility index (Phi) is 7.52. The van der Waals surface area contributed by atoms with Crippen LogP contribution in [0.5, 0.6) is 0 Å². The fourth-order valence-electron chi connectivity index (χ4n) is 4.04. The van der Waals surface area contributed by atoms with E-state index in [-0.39, 0.29) is 0 Å². The lowest BCUT2D eigenvalue weighted by molar-refractivity contribution is 0.183. The summed E-state index contributed by atoms with van der Waals surface area (Å²) >= 11 is 0. The molecule has 0 radical (unpaired) electrons. The van der Waals surface area contributed by atoms with Crippen molar-refractivity contribution in [3.63, 3.8) is 0 Å². The Morgan fingerprint density at radius 1 is 1.21 bits per heavy atom. The zero-order valence-corrected chi connectivity index (χ0v) is 15.2. The molecule has 0 amide bonds. The van der Waals surface area contributed by atoms with Crippen LogP contribution in [0, 0.1) is 17.8 Å². The molecule has 0 N–H and O–H groups in total. The van der Waals surface area contributed by atoms with Gasteiger partial charge in [0.25, 0.3) is 0 Å². The molecule has 2 rings (SSSR count). The molecule has 1 nitrogen and oxygen atoms in total. The fraction of sp³-hybridized carbons (Fsp3) is 0.478. The minimum atomic E-state index is 0.532. The average Bonchev–Trinajstić information content (AvgIpc) is 2.60. The number of fused-ring (bicyclic) bond motifs is 2. The molecule has 0 spiro atoms. The van der Waals surface area contributed by atoms with E-state index in [1.54, 1.807) is 5.57 Å². The maximum Gasteiger partial charge on any atom is 0.0721 e. The average molecular weight is 325 g/mol. The third kappa shape index (κ3) is 5.21. The number of allylic oxidation sites excluding steroid dienone is 5. The van der Waals surface area contributed by atoms with Gasteiger partial charge in [-0.15, -0.1) is 6.58 Å². The van der Waals surface area contributed by atoms with Crippen molar-refractivity contribution in [2.75, 3.05) is 13.2 Å². The van der Waals surface area contributed by atoms with Crippen LogP contribution in [0.3, 0.4) is 0 Å². The summed E-state index contributed by atoms with van der Waals surface area (Å²) in [5, 5.41) is 0. The molecule has 2 bridgehead atoms. The van der Waals surface area contributed by atoms with E-state index < -0.39 is 0 Å². The molecule has 0 aromatic rings. The van der Waals surface area contributed by atoms with Gasteiger partial charge >= 0.3 is 0 Å².